The van der Waals surface area contributed by atoms with Gasteiger partial charge in [0.05, 0.1) is 0 Å². The van der Waals surface area contributed by atoms with E-state index in [2.05, 4.69) is 15.3 Å². The van der Waals surface area contributed by atoms with Crippen LogP contribution in [0.1, 0.15) is 10.4 Å². The molecule has 1 aromatic heterocycles. The summed E-state index contributed by atoms with van der Waals surface area (Å²) in [6.45, 7) is 0. The van der Waals surface area contributed by atoms with Crippen molar-refractivity contribution in [2.75, 3.05) is 11.1 Å². The van der Waals surface area contributed by atoms with Gasteiger partial charge in [0.25, 0.3) is 11.5 Å². The highest BCUT2D eigenvalue weighted by Crippen LogP contribution is 2.19. The fraction of sp³-hybridized carbons (Fsp3) is 0. The molecule has 2 rings (SSSR count). The first kappa shape index (κ1) is 12.9. The summed E-state index contributed by atoms with van der Waals surface area (Å²) >= 11 is 5.75. The summed E-state index contributed by atoms with van der Waals surface area (Å²) in [7, 11) is 0. The van der Waals surface area contributed by atoms with Gasteiger partial charge in [-0.15, -0.1) is 0 Å². The molecule has 0 aliphatic heterocycles. The third-order valence-electron chi connectivity index (χ3n) is 2.29. The normalized spacial score (nSPS) is 10.2. The first-order chi connectivity index (χ1) is 8.97. The van der Waals surface area contributed by atoms with E-state index < -0.39 is 11.5 Å². The molecule has 0 atom stereocenters. The SMILES string of the molecule is NC(=O)c1c(Nc2ccc(Cl)cc2)nc(N)[nH]c1=O. The maximum absolute atomic E-state index is 11.6. The number of nitrogen functional groups attached to an aromatic ring is 1. The molecule has 0 spiro atoms. The number of nitrogens with one attached hydrogen (secondary N) is 2. The van der Waals surface area contributed by atoms with Gasteiger partial charge in [-0.25, -0.2) is 0 Å². The number of aromatic nitrogens is 2. The number of amides is 1. The van der Waals surface area contributed by atoms with Gasteiger partial charge >= 0.3 is 0 Å². The Morgan fingerprint density at radius 3 is 2.53 bits per heavy atom. The number of aromatic amines is 1. The van der Waals surface area contributed by atoms with Crippen LogP contribution in [-0.2, 0) is 0 Å². The van der Waals surface area contributed by atoms with Crippen LogP contribution in [0.15, 0.2) is 29.1 Å². The lowest BCUT2D eigenvalue weighted by Gasteiger charge is -2.09. The lowest BCUT2D eigenvalue weighted by atomic mass is 10.2. The molecular formula is C11H10ClN5O2. The fourth-order valence-electron chi connectivity index (χ4n) is 1.48. The summed E-state index contributed by atoms with van der Waals surface area (Å²) in [6.07, 6.45) is 0. The molecule has 6 N–H and O–H groups in total. The smallest absolute Gasteiger partial charge is 0.267 e. The van der Waals surface area contributed by atoms with Crippen molar-refractivity contribution in [3.8, 4) is 0 Å². The minimum absolute atomic E-state index is 0.00364. The number of hydrogen-bond donors (Lipinski definition) is 4. The van der Waals surface area contributed by atoms with Gasteiger partial charge in [-0.3, -0.25) is 14.6 Å². The highest BCUT2D eigenvalue weighted by molar-refractivity contribution is 6.30. The van der Waals surface area contributed by atoms with Crippen molar-refractivity contribution in [3.05, 3.63) is 45.2 Å². The van der Waals surface area contributed by atoms with Crippen molar-refractivity contribution in [2.45, 2.75) is 0 Å². The highest BCUT2D eigenvalue weighted by atomic mass is 35.5. The van der Waals surface area contributed by atoms with Crippen LogP contribution in [0.4, 0.5) is 17.5 Å². The molecule has 19 heavy (non-hydrogen) atoms. The first-order valence-electron chi connectivity index (χ1n) is 5.19. The Balaban J connectivity index is 2.47. The minimum Gasteiger partial charge on any atom is -0.369 e. The number of H-pyrrole nitrogens is 1. The van der Waals surface area contributed by atoms with Crippen LogP contribution in [0, 0.1) is 0 Å². The van der Waals surface area contributed by atoms with Gasteiger partial charge in [-0.05, 0) is 24.3 Å². The van der Waals surface area contributed by atoms with Crippen LogP contribution in [0.5, 0.6) is 0 Å². The van der Waals surface area contributed by atoms with Crippen molar-refractivity contribution in [1.29, 1.82) is 0 Å². The molecule has 1 heterocycles. The molecule has 0 aliphatic rings. The van der Waals surface area contributed by atoms with Gasteiger partial charge in [0.2, 0.25) is 5.95 Å². The number of benzene rings is 1. The Kier molecular flexibility index (Phi) is 3.39. The molecule has 8 heteroatoms. The second-order valence-corrected chi connectivity index (χ2v) is 4.11. The van der Waals surface area contributed by atoms with Crippen molar-refractivity contribution in [2.24, 2.45) is 5.73 Å². The summed E-state index contributed by atoms with van der Waals surface area (Å²) in [5, 5.41) is 3.35. The zero-order valence-electron chi connectivity index (χ0n) is 9.61. The van der Waals surface area contributed by atoms with Crippen molar-refractivity contribution < 1.29 is 4.79 Å². The van der Waals surface area contributed by atoms with Crippen molar-refractivity contribution >= 4 is 35.0 Å². The second-order valence-electron chi connectivity index (χ2n) is 3.67. The van der Waals surface area contributed by atoms with E-state index in [0.29, 0.717) is 10.7 Å². The average molecular weight is 280 g/mol. The van der Waals surface area contributed by atoms with Crippen LogP contribution < -0.4 is 22.3 Å². The number of nitrogens with zero attached hydrogens (tertiary/aromatic N) is 1. The number of carbonyl (C=O) groups is 1. The number of primary amides is 1. The van der Waals surface area contributed by atoms with E-state index in [-0.39, 0.29) is 17.3 Å². The molecule has 0 radical (unpaired) electrons. The zero-order chi connectivity index (χ0) is 14.0. The second kappa shape index (κ2) is 4.99. The monoisotopic (exact) mass is 279 g/mol. The number of nitrogens with two attached hydrogens (primary N) is 2. The molecule has 0 aliphatic carbocycles. The number of halogens is 1. The Morgan fingerprint density at radius 1 is 1.32 bits per heavy atom. The number of rotatable bonds is 3. The van der Waals surface area contributed by atoms with Crippen molar-refractivity contribution in [3.63, 3.8) is 0 Å². The molecular weight excluding hydrogens is 270 g/mol. The van der Waals surface area contributed by atoms with Crippen LogP contribution in [0.25, 0.3) is 0 Å². The predicted octanol–water partition coefficient (Wildman–Crippen LogP) is 0.848. The fourth-order valence-corrected chi connectivity index (χ4v) is 1.61. The summed E-state index contributed by atoms with van der Waals surface area (Å²) < 4.78 is 0. The lowest BCUT2D eigenvalue weighted by molar-refractivity contribution is 0.0999. The zero-order valence-corrected chi connectivity index (χ0v) is 10.4. The van der Waals surface area contributed by atoms with Gasteiger partial charge < -0.3 is 16.8 Å². The van der Waals surface area contributed by atoms with Crippen LogP contribution in [0.3, 0.4) is 0 Å². The van der Waals surface area contributed by atoms with E-state index in [1.807, 2.05) is 0 Å². The van der Waals surface area contributed by atoms with Crippen LogP contribution in [-0.4, -0.2) is 15.9 Å². The van der Waals surface area contributed by atoms with Crippen molar-refractivity contribution in [1.82, 2.24) is 9.97 Å². The Hall–Kier alpha value is -2.54. The van der Waals surface area contributed by atoms with Crippen LogP contribution in [0.2, 0.25) is 5.02 Å². The van der Waals surface area contributed by atoms with E-state index in [1.165, 1.54) is 0 Å². The average Bonchev–Trinajstić information content (AvgIpc) is 2.30. The number of carbonyl (C=O) groups excluding carboxylic acids is 1. The van der Waals surface area contributed by atoms with E-state index in [9.17, 15) is 9.59 Å². The largest absolute Gasteiger partial charge is 0.369 e. The number of hydrogen-bond acceptors (Lipinski definition) is 5. The van der Waals surface area contributed by atoms with Gasteiger partial charge in [0.1, 0.15) is 5.56 Å². The first-order valence-corrected chi connectivity index (χ1v) is 5.57. The van der Waals surface area contributed by atoms with E-state index in [4.69, 9.17) is 23.1 Å². The molecule has 7 nitrogen and oxygen atoms in total. The maximum atomic E-state index is 11.6. The third kappa shape index (κ3) is 2.83. The molecule has 0 fully saturated rings. The summed E-state index contributed by atoms with van der Waals surface area (Å²) in [5.74, 6) is -1.02. The van der Waals surface area contributed by atoms with Gasteiger partial charge in [-0.1, -0.05) is 11.6 Å². The third-order valence-corrected chi connectivity index (χ3v) is 2.54. The molecule has 0 saturated carbocycles. The summed E-state index contributed by atoms with van der Waals surface area (Å²) in [4.78, 5) is 28.9. The molecule has 0 bridgehead atoms. The van der Waals surface area contributed by atoms with Gasteiger partial charge in [0.15, 0.2) is 5.82 Å². The molecule has 98 valence electrons. The Morgan fingerprint density at radius 2 is 1.95 bits per heavy atom. The van der Waals surface area contributed by atoms with Gasteiger partial charge in [-0.2, -0.15) is 4.98 Å². The molecule has 1 amide bonds. The Labute approximate surface area is 112 Å². The Bertz CT molecular complexity index is 680. The molecule has 0 unspecified atom stereocenters. The van der Waals surface area contributed by atoms with E-state index >= 15 is 0 Å². The summed E-state index contributed by atoms with van der Waals surface area (Å²) in [5.41, 5.74) is 10.2. The lowest BCUT2D eigenvalue weighted by Crippen LogP contribution is -2.27. The predicted molar refractivity (Wildman–Crippen MR) is 72.5 cm³/mol. The topological polar surface area (TPSA) is 127 Å². The molecule has 0 saturated heterocycles. The van der Waals surface area contributed by atoms with E-state index in [0.717, 1.165) is 0 Å². The quantitative estimate of drug-likeness (QED) is 0.662. The molecule has 1 aromatic carbocycles. The highest BCUT2D eigenvalue weighted by Gasteiger charge is 2.16. The van der Waals surface area contributed by atoms with Crippen LogP contribution >= 0.6 is 11.6 Å². The van der Waals surface area contributed by atoms with E-state index in [1.54, 1.807) is 24.3 Å². The summed E-state index contributed by atoms with van der Waals surface area (Å²) in [6, 6.07) is 6.60. The molecule has 2 aromatic rings. The minimum atomic E-state index is -0.898. The standard InChI is InChI=1S/C11H10ClN5O2/c12-5-1-3-6(4-2-5)15-9-7(8(13)18)10(19)17-11(14)16-9/h1-4H,(H2,13,18)(H4,14,15,16,17,19). The maximum Gasteiger partial charge on any atom is 0.267 e. The van der Waals surface area contributed by atoms with Gasteiger partial charge in [0, 0.05) is 10.7 Å². The number of anilines is 3.